The van der Waals surface area contributed by atoms with Crippen molar-refractivity contribution >= 4 is 44.3 Å². The molecule has 0 aliphatic rings. The lowest BCUT2D eigenvalue weighted by atomic mass is 9.92. The maximum atomic E-state index is 10.3. The minimum Gasteiger partial charge on any atom is -0.513 e. The number of hydrogen-bond acceptors (Lipinski definition) is 7. The summed E-state index contributed by atoms with van der Waals surface area (Å²) in [4.78, 5) is 6.11. The molecule has 0 saturated heterocycles. The molecule has 6 N–H and O–H groups in total. The number of halogens is 1. The number of aliphatic hydroxyl groups is 4. The van der Waals surface area contributed by atoms with Crippen molar-refractivity contribution in [1.82, 2.24) is 0 Å². The first-order valence-corrected chi connectivity index (χ1v) is 10.5. The smallest absolute Gasteiger partial charge is 0.105 e. The molecule has 0 amide bonds. The standard InChI is InChI=1S/C20H23IN2O4S/c21-13-23-18(10-24)14-1-5-16(6-2-14)28-17-7-3-15(4-8-17)19(27)9-20(22,11-25)12-26/h1-8,10,13,19,24-27H,9,11-12,22H2/b18-10-,23-13-. The van der Waals surface area contributed by atoms with Crippen LogP contribution in [0.4, 0.5) is 0 Å². The molecule has 1 unspecified atom stereocenters. The summed E-state index contributed by atoms with van der Waals surface area (Å²) < 4.78 is 1.59. The molecule has 0 aromatic heterocycles. The molecule has 1 atom stereocenters. The molecular formula is C20H23IN2O4S. The normalized spacial score (nSPS) is 13.8. The van der Waals surface area contributed by atoms with E-state index in [4.69, 9.17) is 5.73 Å². The molecule has 0 aliphatic carbocycles. The van der Waals surface area contributed by atoms with E-state index in [2.05, 4.69) is 4.99 Å². The van der Waals surface area contributed by atoms with Crippen molar-refractivity contribution in [3.8, 4) is 0 Å². The van der Waals surface area contributed by atoms with Gasteiger partial charge in [0.1, 0.15) is 12.0 Å². The lowest BCUT2D eigenvalue weighted by Crippen LogP contribution is -2.48. The first-order chi connectivity index (χ1) is 13.4. The molecule has 2 aromatic carbocycles. The summed E-state index contributed by atoms with van der Waals surface area (Å²) in [6, 6.07) is 15.1. The SMILES string of the molecule is NC(CO)(CO)CC(O)c1ccc(Sc2ccc(C(=C/O)/N=C\I)cc2)cc1. The molecule has 0 radical (unpaired) electrons. The topological polar surface area (TPSA) is 119 Å². The molecule has 0 fully saturated rings. The Morgan fingerprint density at radius 1 is 1.07 bits per heavy atom. The van der Waals surface area contributed by atoms with Gasteiger partial charge >= 0.3 is 0 Å². The molecule has 2 aromatic rings. The molecule has 0 bridgehead atoms. The van der Waals surface area contributed by atoms with Crippen molar-refractivity contribution in [3.05, 3.63) is 65.9 Å². The van der Waals surface area contributed by atoms with Crippen molar-refractivity contribution in [2.45, 2.75) is 27.9 Å². The molecule has 2 rings (SSSR count). The van der Waals surface area contributed by atoms with Crippen LogP contribution in [-0.2, 0) is 0 Å². The van der Waals surface area contributed by atoms with Crippen LogP contribution >= 0.6 is 34.4 Å². The number of aliphatic hydroxyl groups excluding tert-OH is 4. The Morgan fingerprint density at radius 3 is 2.07 bits per heavy atom. The highest BCUT2D eigenvalue weighted by atomic mass is 127. The Kier molecular flexibility index (Phi) is 8.93. The number of nitrogens with two attached hydrogens (primary N) is 1. The van der Waals surface area contributed by atoms with Crippen LogP contribution in [0.25, 0.3) is 5.70 Å². The second-order valence-electron chi connectivity index (χ2n) is 6.34. The van der Waals surface area contributed by atoms with E-state index in [0.29, 0.717) is 11.3 Å². The molecule has 6 nitrogen and oxygen atoms in total. The third-order valence-electron chi connectivity index (χ3n) is 4.19. The summed E-state index contributed by atoms with van der Waals surface area (Å²) in [6.07, 6.45) is 0.170. The van der Waals surface area contributed by atoms with Gasteiger partial charge in [0.25, 0.3) is 0 Å². The summed E-state index contributed by atoms with van der Waals surface area (Å²) in [5, 5.41) is 38.1. The van der Waals surface area contributed by atoms with Gasteiger partial charge in [-0.15, -0.1) is 0 Å². The van der Waals surface area contributed by atoms with Crippen LogP contribution in [0.2, 0.25) is 0 Å². The minimum atomic E-state index is -1.21. The summed E-state index contributed by atoms with van der Waals surface area (Å²) in [7, 11) is 0. The average molecular weight is 514 g/mol. The van der Waals surface area contributed by atoms with Gasteiger partial charge in [-0.2, -0.15) is 0 Å². The Bertz CT molecular complexity index is 806. The first kappa shape index (κ1) is 22.9. The van der Waals surface area contributed by atoms with Crippen molar-refractivity contribution in [1.29, 1.82) is 0 Å². The number of aliphatic imine (C=N–C) groups is 1. The van der Waals surface area contributed by atoms with Crippen molar-refractivity contribution in [2.75, 3.05) is 13.2 Å². The molecule has 0 saturated carbocycles. The Morgan fingerprint density at radius 2 is 1.61 bits per heavy atom. The summed E-state index contributed by atoms with van der Waals surface area (Å²) in [5.74, 6) is 0. The van der Waals surface area contributed by atoms with E-state index in [0.717, 1.165) is 21.6 Å². The van der Waals surface area contributed by atoms with Crippen LogP contribution in [-0.4, -0.2) is 43.4 Å². The van der Waals surface area contributed by atoms with Gasteiger partial charge in [-0.05, 0) is 58.8 Å². The van der Waals surface area contributed by atoms with Crippen LogP contribution in [0.5, 0.6) is 0 Å². The van der Waals surface area contributed by atoms with E-state index in [-0.39, 0.29) is 6.42 Å². The third kappa shape index (κ3) is 6.29. The lowest BCUT2D eigenvalue weighted by molar-refractivity contribution is 0.0618. The van der Waals surface area contributed by atoms with E-state index < -0.39 is 24.9 Å². The Balaban J connectivity index is 2.04. The van der Waals surface area contributed by atoms with Gasteiger partial charge < -0.3 is 26.2 Å². The van der Waals surface area contributed by atoms with Gasteiger partial charge in [-0.25, -0.2) is 4.99 Å². The number of nitrogens with zero attached hydrogens (tertiary/aromatic N) is 1. The van der Waals surface area contributed by atoms with Crippen LogP contribution in [0.3, 0.4) is 0 Å². The highest BCUT2D eigenvalue weighted by Gasteiger charge is 2.27. The van der Waals surface area contributed by atoms with E-state index >= 15 is 0 Å². The van der Waals surface area contributed by atoms with E-state index in [1.165, 1.54) is 0 Å². The third-order valence-corrected chi connectivity index (χ3v) is 5.48. The fourth-order valence-corrected chi connectivity index (χ4v) is 3.62. The van der Waals surface area contributed by atoms with Gasteiger partial charge in [0.15, 0.2) is 0 Å². The molecular weight excluding hydrogens is 491 g/mol. The van der Waals surface area contributed by atoms with Gasteiger partial charge in [0.2, 0.25) is 0 Å². The zero-order chi connectivity index (χ0) is 20.6. The van der Waals surface area contributed by atoms with Gasteiger partial charge in [-0.3, -0.25) is 0 Å². The van der Waals surface area contributed by atoms with Crippen molar-refractivity contribution in [2.24, 2.45) is 10.7 Å². The predicted molar refractivity (Wildman–Crippen MR) is 121 cm³/mol. The van der Waals surface area contributed by atoms with Crippen LogP contribution in [0.1, 0.15) is 23.7 Å². The second-order valence-corrected chi connectivity index (χ2v) is 8.04. The molecule has 0 spiro atoms. The van der Waals surface area contributed by atoms with Gasteiger partial charge in [0.05, 0.1) is 29.1 Å². The fraction of sp³-hybridized carbons (Fsp3) is 0.250. The van der Waals surface area contributed by atoms with E-state index in [1.54, 1.807) is 28.1 Å². The quantitative estimate of drug-likeness (QED) is 0.199. The second kappa shape index (κ2) is 10.9. The molecule has 0 aliphatic heterocycles. The molecule has 8 heteroatoms. The van der Waals surface area contributed by atoms with Crippen molar-refractivity contribution in [3.63, 3.8) is 0 Å². The molecule has 150 valence electrons. The largest absolute Gasteiger partial charge is 0.513 e. The average Bonchev–Trinajstić information content (AvgIpc) is 2.73. The minimum absolute atomic E-state index is 0.0639. The Labute approximate surface area is 182 Å². The number of hydrogen-bond donors (Lipinski definition) is 5. The highest BCUT2D eigenvalue weighted by molar-refractivity contribution is 14.1. The lowest BCUT2D eigenvalue weighted by Gasteiger charge is -2.27. The maximum Gasteiger partial charge on any atom is 0.105 e. The first-order valence-electron chi connectivity index (χ1n) is 8.48. The molecule has 28 heavy (non-hydrogen) atoms. The number of rotatable bonds is 9. The maximum absolute atomic E-state index is 10.3. The predicted octanol–water partition coefficient (Wildman–Crippen LogP) is 3.26. The van der Waals surface area contributed by atoms with E-state index in [9.17, 15) is 20.4 Å². The van der Waals surface area contributed by atoms with Crippen LogP contribution in [0, 0.1) is 0 Å². The summed E-state index contributed by atoms with van der Waals surface area (Å²) >= 11 is 3.56. The van der Waals surface area contributed by atoms with Crippen molar-refractivity contribution < 1.29 is 20.4 Å². The zero-order valence-corrected chi connectivity index (χ0v) is 18.0. The van der Waals surface area contributed by atoms with Gasteiger partial charge in [0, 0.05) is 15.4 Å². The zero-order valence-electron chi connectivity index (χ0n) is 15.1. The van der Waals surface area contributed by atoms with E-state index in [1.807, 2.05) is 59.0 Å². The van der Waals surface area contributed by atoms with Gasteiger partial charge in [-0.1, -0.05) is 36.0 Å². The Hall–Kier alpha value is -1.43. The monoisotopic (exact) mass is 514 g/mol. The van der Waals surface area contributed by atoms with Crippen LogP contribution in [0.15, 0.2) is 69.6 Å². The summed E-state index contributed by atoms with van der Waals surface area (Å²) in [6.45, 7) is -0.804. The highest BCUT2D eigenvalue weighted by Crippen LogP contribution is 2.31. The molecule has 0 heterocycles. The summed E-state index contributed by atoms with van der Waals surface area (Å²) in [5.41, 5.74) is 6.61. The van der Waals surface area contributed by atoms with Crippen LogP contribution < -0.4 is 5.73 Å². The number of benzene rings is 2. The fourth-order valence-electron chi connectivity index (χ4n) is 2.50.